The highest BCUT2D eigenvalue weighted by Gasteiger charge is 2.39. The lowest BCUT2D eigenvalue weighted by atomic mass is 9.98. The van der Waals surface area contributed by atoms with Gasteiger partial charge in [-0.3, -0.25) is 9.59 Å². The van der Waals surface area contributed by atoms with Gasteiger partial charge in [0, 0.05) is 23.6 Å². The lowest BCUT2D eigenvalue weighted by Gasteiger charge is -2.23. The summed E-state index contributed by atoms with van der Waals surface area (Å²) in [5.74, 6) is 0.799. The number of carbonyl (C=O) groups excluding carboxylic acids is 2. The Morgan fingerprint density at radius 3 is 2.50 bits per heavy atom. The van der Waals surface area contributed by atoms with E-state index in [1.807, 2.05) is 48.5 Å². The van der Waals surface area contributed by atoms with Gasteiger partial charge in [-0.2, -0.15) is 10.1 Å². The molecule has 10 heteroatoms. The van der Waals surface area contributed by atoms with Gasteiger partial charge in [0.1, 0.15) is 16.7 Å². The van der Waals surface area contributed by atoms with Gasteiger partial charge in [0.25, 0.3) is 5.91 Å². The van der Waals surface area contributed by atoms with E-state index in [2.05, 4.69) is 10.3 Å². The molecule has 0 radical (unpaired) electrons. The van der Waals surface area contributed by atoms with Crippen molar-refractivity contribution in [1.82, 2.24) is 5.01 Å². The zero-order valence-corrected chi connectivity index (χ0v) is 22.3. The van der Waals surface area contributed by atoms with Crippen LogP contribution in [0, 0.1) is 0 Å². The monoisotopic (exact) mass is 548 g/mol. The normalized spacial score (nSPS) is 18.7. The van der Waals surface area contributed by atoms with Crippen LogP contribution < -0.4 is 14.8 Å². The van der Waals surface area contributed by atoms with Crippen LogP contribution in [0.2, 0.25) is 5.02 Å². The van der Waals surface area contributed by atoms with Crippen molar-refractivity contribution in [3.8, 4) is 11.5 Å². The quantitative estimate of drug-likeness (QED) is 0.417. The molecule has 38 heavy (non-hydrogen) atoms. The third-order valence-corrected chi connectivity index (χ3v) is 7.63. The second kappa shape index (κ2) is 11.3. The first-order valence-corrected chi connectivity index (χ1v) is 13.2. The highest BCUT2D eigenvalue weighted by atomic mass is 35.5. The maximum absolute atomic E-state index is 12.8. The van der Waals surface area contributed by atoms with Crippen LogP contribution in [0.5, 0.6) is 11.5 Å². The zero-order chi connectivity index (χ0) is 26.6. The fourth-order valence-corrected chi connectivity index (χ4v) is 5.46. The Labute approximate surface area is 229 Å². The van der Waals surface area contributed by atoms with Crippen LogP contribution in [0.15, 0.2) is 82.9 Å². The number of halogens is 1. The molecule has 2 heterocycles. The number of carbonyl (C=O) groups is 2. The van der Waals surface area contributed by atoms with Crippen LogP contribution in [0.1, 0.15) is 30.0 Å². The summed E-state index contributed by atoms with van der Waals surface area (Å²) in [6.07, 6.45) is 0.596. The molecule has 2 atom stereocenters. The average molecular weight is 549 g/mol. The van der Waals surface area contributed by atoms with Crippen molar-refractivity contribution >= 4 is 51.7 Å². The average Bonchev–Trinajstić information content (AvgIpc) is 3.53. The van der Waals surface area contributed by atoms with Crippen LogP contribution in [0.3, 0.4) is 0 Å². The van der Waals surface area contributed by atoms with E-state index in [1.165, 1.54) is 11.8 Å². The van der Waals surface area contributed by atoms with Crippen molar-refractivity contribution in [2.75, 3.05) is 19.5 Å². The number of hydrogen-bond donors (Lipinski definition) is 1. The SMILES string of the molecule is COc1ccc(NC(=O)C[C@H]2SC(N3N=C(c4ccc(Cl)cc4)C[C@H]3c3cccc(OC)c3)=NC2=O)cc1. The fraction of sp³-hybridized carbons (Fsp3) is 0.214. The van der Waals surface area contributed by atoms with Crippen molar-refractivity contribution in [2.45, 2.75) is 24.1 Å². The summed E-state index contributed by atoms with van der Waals surface area (Å²) < 4.78 is 10.6. The first kappa shape index (κ1) is 25.8. The van der Waals surface area contributed by atoms with Crippen molar-refractivity contribution in [3.63, 3.8) is 0 Å². The second-order valence-corrected chi connectivity index (χ2v) is 10.3. The molecule has 3 aromatic rings. The Morgan fingerprint density at radius 1 is 1.05 bits per heavy atom. The molecule has 8 nitrogen and oxygen atoms in total. The van der Waals surface area contributed by atoms with E-state index in [1.54, 1.807) is 43.5 Å². The third-order valence-electron chi connectivity index (χ3n) is 6.24. The lowest BCUT2D eigenvalue weighted by Crippen LogP contribution is -2.25. The van der Waals surface area contributed by atoms with E-state index in [0.717, 1.165) is 22.6 Å². The largest absolute Gasteiger partial charge is 0.497 e. The number of amides is 2. The maximum Gasteiger partial charge on any atom is 0.262 e. The molecule has 5 rings (SSSR count). The Bertz CT molecular complexity index is 1410. The molecular weight excluding hydrogens is 524 g/mol. The van der Waals surface area contributed by atoms with Gasteiger partial charge in [-0.1, -0.05) is 47.6 Å². The molecular formula is C28H25ClN4O4S. The molecule has 0 unspecified atom stereocenters. The number of thioether (sulfide) groups is 1. The lowest BCUT2D eigenvalue weighted by molar-refractivity contribution is -0.121. The van der Waals surface area contributed by atoms with Gasteiger partial charge in [-0.05, 0) is 59.7 Å². The zero-order valence-electron chi connectivity index (χ0n) is 20.8. The van der Waals surface area contributed by atoms with E-state index in [4.69, 9.17) is 26.2 Å². The number of methoxy groups -OCH3 is 2. The van der Waals surface area contributed by atoms with Gasteiger partial charge in [0.15, 0.2) is 5.17 Å². The van der Waals surface area contributed by atoms with E-state index in [9.17, 15) is 9.59 Å². The predicted octanol–water partition coefficient (Wildman–Crippen LogP) is 5.54. The van der Waals surface area contributed by atoms with Gasteiger partial charge in [0.05, 0.1) is 26.0 Å². The number of hydrogen-bond acceptors (Lipinski definition) is 7. The molecule has 0 aliphatic carbocycles. The van der Waals surface area contributed by atoms with Gasteiger partial charge in [-0.25, -0.2) is 5.01 Å². The number of hydrazone groups is 1. The van der Waals surface area contributed by atoms with Gasteiger partial charge < -0.3 is 14.8 Å². The van der Waals surface area contributed by atoms with E-state index < -0.39 is 5.25 Å². The third kappa shape index (κ3) is 5.69. The Morgan fingerprint density at radius 2 is 1.79 bits per heavy atom. The predicted molar refractivity (Wildman–Crippen MR) is 150 cm³/mol. The van der Waals surface area contributed by atoms with E-state index >= 15 is 0 Å². The minimum Gasteiger partial charge on any atom is -0.497 e. The summed E-state index contributed by atoms with van der Waals surface area (Å²) in [5, 5.41) is 9.95. The molecule has 3 aromatic carbocycles. The van der Waals surface area contributed by atoms with Crippen molar-refractivity contribution in [3.05, 3.63) is 88.9 Å². The topological polar surface area (TPSA) is 92.6 Å². The van der Waals surface area contributed by atoms with Crippen LogP contribution in [0.25, 0.3) is 0 Å². The number of amidine groups is 1. The number of nitrogens with zero attached hydrogens (tertiary/aromatic N) is 3. The van der Waals surface area contributed by atoms with Crippen LogP contribution in [-0.4, -0.2) is 47.2 Å². The Hall–Kier alpha value is -3.82. The van der Waals surface area contributed by atoms with E-state index in [0.29, 0.717) is 28.0 Å². The smallest absolute Gasteiger partial charge is 0.262 e. The second-order valence-electron chi connectivity index (χ2n) is 8.71. The van der Waals surface area contributed by atoms with Gasteiger partial charge in [-0.15, -0.1) is 0 Å². The number of aliphatic imine (C=N–C) groups is 1. The van der Waals surface area contributed by atoms with Crippen LogP contribution in [-0.2, 0) is 9.59 Å². The summed E-state index contributed by atoms with van der Waals surface area (Å²) in [6, 6.07) is 22.1. The van der Waals surface area contributed by atoms with E-state index in [-0.39, 0.29) is 24.3 Å². The molecule has 0 fully saturated rings. The maximum atomic E-state index is 12.8. The van der Waals surface area contributed by atoms with Crippen LogP contribution >= 0.6 is 23.4 Å². The number of ether oxygens (including phenoxy) is 2. The Kier molecular flexibility index (Phi) is 7.67. The molecule has 0 saturated carbocycles. The van der Waals surface area contributed by atoms with Crippen molar-refractivity contribution in [2.24, 2.45) is 10.1 Å². The van der Waals surface area contributed by atoms with Crippen molar-refractivity contribution in [1.29, 1.82) is 0 Å². The van der Waals surface area contributed by atoms with Gasteiger partial charge >= 0.3 is 0 Å². The van der Waals surface area contributed by atoms with Gasteiger partial charge in [0.2, 0.25) is 5.91 Å². The molecule has 2 aliphatic rings. The van der Waals surface area contributed by atoms with Crippen molar-refractivity contribution < 1.29 is 19.1 Å². The molecule has 0 bridgehead atoms. The number of rotatable bonds is 7. The first-order valence-electron chi connectivity index (χ1n) is 11.9. The summed E-state index contributed by atoms with van der Waals surface area (Å²) in [7, 11) is 3.20. The molecule has 1 N–H and O–H groups in total. The number of nitrogens with one attached hydrogen (secondary N) is 1. The molecule has 0 aromatic heterocycles. The molecule has 0 saturated heterocycles. The summed E-state index contributed by atoms with van der Waals surface area (Å²) >= 11 is 7.34. The summed E-state index contributed by atoms with van der Waals surface area (Å²) in [6.45, 7) is 0. The summed E-state index contributed by atoms with van der Waals surface area (Å²) in [5.41, 5.74) is 3.40. The molecule has 2 amide bonds. The molecule has 0 spiro atoms. The summed E-state index contributed by atoms with van der Waals surface area (Å²) in [4.78, 5) is 29.8. The minimum atomic E-state index is -0.635. The minimum absolute atomic E-state index is 0.00600. The standard InChI is InChI=1S/C28H25ClN4O4S/c1-36-21-12-10-20(11-13-21)30-26(34)16-25-27(35)31-28(38-25)33-24(18-4-3-5-22(14-18)37-2)15-23(32-33)17-6-8-19(29)9-7-17/h3-14,24-25H,15-16H2,1-2H3,(H,30,34)/t24-,25+/m0/s1. The van der Waals surface area contributed by atoms with Crippen LogP contribution in [0.4, 0.5) is 5.69 Å². The Balaban J connectivity index is 1.34. The number of benzene rings is 3. The highest BCUT2D eigenvalue weighted by molar-refractivity contribution is 8.15. The first-order chi connectivity index (χ1) is 18.4. The number of anilines is 1. The molecule has 2 aliphatic heterocycles. The highest BCUT2D eigenvalue weighted by Crippen LogP contribution is 2.39. The fourth-order valence-electron chi connectivity index (χ4n) is 4.27. The molecule has 194 valence electrons.